The van der Waals surface area contributed by atoms with Crippen LogP contribution in [0, 0.1) is 6.92 Å². The second-order valence-electron chi connectivity index (χ2n) is 8.47. The second kappa shape index (κ2) is 7.97. The van der Waals surface area contributed by atoms with Crippen molar-refractivity contribution in [3.63, 3.8) is 0 Å². The van der Waals surface area contributed by atoms with Crippen LogP contribution in [-0.2, 0) is 4.74 Å². The van der Waals surface area contributed by atoms with Gasteiger partial charge >= 0.3 is 6.09 Å². The molecule has 0 bridgehead atoms. The molecule has 2 saturated carbocycles. The minimum Gasteiger partial charge on any atom is -0.446 e. The maximum absolute atomic E-state index is 12.0. The van der Waals surface area contributed by atoms with Crippen molar-refractivity contribution in [1.29, 1.82) is 0 Å². The molecule has 2 aromatic heterocycles. The predicted octanol–water partition coefficient (Wildman–Crippen LogP) is 3.13. The van der Waals surface area contributed by atoms with E-state index >= 15 is 0 Å². The van der Waals surface area contributed by atoms with Crippen LogP contribution in [0.2, 0.25) is 0 Å². The number of hydrogen-bond acceptors (Lipinski definition) is 6. The Hall–Kier alpha value is -3.10. The number of hydrogen-bond donors (Lipinski definition) is 4. The first-order valence-corrected chi connectivity index (χ1v) is 10.4. The van der Waals surface area contributed by atoms with Gasteiger partial charge < -0.3 is 20.7 Å². The summed E-state index contributed by atoms with van der Waals surface area (Å²) in [5.41, 5.74) is 2.83. The third-order valence-corrected chi connectivity index (χ3v) is 5.91. The normalized spacial score (nSPS) is 21.7. The van der Waals surface area contributed by atoms with Gasteiger partial charge in [-0.3, -0.25) is 9.89 Å². The van der Waals surface area contributed by atoms with E-state index in [2.05, 4.69) is 31.1 Å². The highest BCUT2D eigenvalue weighted by Gasteiger charge is 2.40. The van der Waals surface area contributed by atoms with Gasteiger partial charge in [-0.25, -0.2) is 9.78 Å². The lowest BCUT2D eigenvalue weighted by Gasteiger charge is -2.16. The summed E-state index contributed by atoms with van der Waals surface area (Å²) >= 11 is 0. The monoisotopic (exact) mass is 412 g/mol. The van der Waals surface area contributed by atoms with Crippen LogP contribution in [0.4, 0.5) is 16.3 Å². The molecule has 2 aliphatic rings. The average molecular weight is 412 g/mol. The van der Waals surface area contributed by atoms with E-state index in [1.165, 1.54) is 0 Å². The number of nitrogens with one attached hydrogen (secondary N) is 4. The van der Waals surface area contributed by atoms with E-state index in [1.54, 1.807) is 13.1 Å². The summed E-state index contributed by atoms with van der Waals surface area (Å²) in [6.07, 6.45) is 4.23. The summed E-state index contributed by atoms with van der Waals surface area (Å²) < 4.78 is 5.60. The zero-order valence-electron chi connectivity index (χ0n) is 17.5. The summed E-state index contributed by atoms with van der Waals surface area (Å²) in [4.78, 5) is 28.1. The van der Waals surface area contributed by atoms with E-state index < -0.39 is 0 Å². The maximum atomic E-state index is 12.0. The molecule has 2 heterocycles. The zero-order valence-corrected chi connectivity index (χ0v) is 17.5. The topological polar surface area (TPSA) is 121 Å². The average Bonchev–Trinajstić information content (AvgIpc) is 3.10. The first kappa shape index (κ1) is 20.2. The predicted molar refractivity (Wildman–Crippen MR) is 112 cm³/mol. The highest BCUT2D eigenvalue weighted by atomic mass is 16.6. The summed E-state index contributed by atoms with van der Waals surface area (Å²) in [7, 11) is 1.58. The first-order valence-electron chi connectivity index (χ1n) is 10.4. The van der Waals surface area contributed by atoms with Gasteiger partial charge in [0.25, 0.3) is 5.91 Å². The van der Waals surface area contributed by atoms with Gasteiger partial charge in [-0.1, -0.05) is 0 Å². The number of ether oxygens (including phenoxy) is 1. The van der Waals surface area contributed by atoms with Gasteiger partial charge in [-0.2, -0.15) is 5.10 Å². The van der Waals surface area contributed by atoms with Gasteiger partial charge in [0.15, 0.2) is 5.82 Å². The molecule has 30 heavy (non-hydrogen) atoms. The number of aryl methyl sites for hydroxylation is 1. The quantitative estimate of drug-likeness (QED) is 0.578. The molecule has 9 heteroatoms. The Kier molecular flexibility index (Phi) is 5.36. The standard InChI is InChI=1S/C21H28N6O3/c1-12-15(6-7-16(23-12)19(28)22-3)24-18-11-17(26-27-18)13-4-5-14(10-13)30-20(29)25-21(2)8-9-21/h6-7,11,13-14H,4-5,8-10H2,1-3H3,(H,22,28)(H,25,29)(H2,24,26,27). The Morgan fingerprint density at radius 1 is 1.27 bits per heavy atom. The number of pyridine rings is 1. The molecule has 2 unspecified atom stereocenters. The lowest BCUT2D eigenvalue weighted by atomic mass is 10.0. The summed E-state index contributed by atoms with van der Waals surface area (Å²) in [6, 6.07) is 5.47. The molecular formula is C21H28N6O3. The fourth-order valence-corrected chi connectivity index (χ4v) is 3.76. The third kappa shape index (κ3) is 4.55. The minimum absolute atomic E-state index is 0.0649. The van der Waals surface area contributed by atoms with Crippen molar-refractivity contribution < 1.29 is 14.3 Å². The van der Waals surface area contributed by atoms with Gasteiger partial charge in [-0.05, 0) is 58.1 Å². The van der Waals surface area contributed by atoms with Crippen LogP contribution in [0.1, 0.15) is 66.8 Å². The molecule has 160 valence electrons. The Morgan fingerprint density at radius 2 is 2.07 bits per heavy atom. The Bertz CT molecular complexity index is 952. The van der Waals surface area contributed by atoms with Crippen LogP contribution in [-0.4, -0.2) is 45.9 Å². The molecule has 0 spiro atoms. The molecule has 2 amide bonds. The Balaban J connectivity index is 1.33. The van der Waals surface area contributed by atoms with Crippen LogP contribution in [0.3, 0.4) is 0 Å². The van der Waals surface area contributed by atoms with Crippen molar-refractivity contribution >= 4 is 23.5 Å². The van der Waals surface area contributed by atoms with Crippen LogP contribution < -0.4 is 16.0 Å². The number of H-pyrrole nitrogens is 1. The largest absolute Gasteiger partial charge is 0.446 e. The number of anilines is 2. The SMILES string of the molecule is CNC(=O)c1ccc(Nc2cc(C3CCC(OC(=O)NC4(C)CC4)C3)[nH]n2)c(C)n1. The van der Waals surface area contributed by atoms with Gasteiger partial charge in [0, 0.05) is 30.3 Å². The molecule has 9 nitrogen and oxygen atoms in total. The molecule has 0 aliphatic heterocycles. The lowest BCUT2D eigenvalue weighted by molar-refractivity contribution is 0.0952. The van der Waals surface area contributed by atoms with Crippen LogP contribution >= 0.6 is 0 Å². The molecule has 2 atom stereocenters. The smallest absolute Gasteiger partial charge is 0.407 e. The molecule has 0 saturated heterocycles. The lowest BCUT2D eigenvalue weighted by Crippen LogP contribution is -2.36. The molecular weight excluding hydrogens is 384 g/mol. The number of rotatable bonds is 6. The number of alkyl carbamates (subject to hydrolysis) is 1. The Labute approximate surface area is 175 Å². The molecule has 4 rings (SSSR count). The van der Waals surface area contributed by atoms with E-state index in [0.29, 0.717) is 17.2 Å². The molecule has 2 aliphatic carbocycles. The van der Waals surface area contributed by atoms with E-state index in [0.717, 1.165) is 43.5 Å². The van der Waals surface area contributed by atoms with Crippen molar-refractivity contribution in [3.8, 4) is 0 Å². The number of carbonyl (C=O) groups excluding carboxylic acids is 2. The van der Waals surface area contributed by atoms with Gasteiger partial charge in [0.2, 0.25) is 0 Å². The highest BCUT2D eigenvalue weighted by molar-refractivity contribution is 5.92. The molecule has 0 radical (unpaired) electrons. The van der Waals surface area contributed by atoms with E-state index in [4.69, 9.17) is 4.74 Å². The van der Waals surface area contributed by atoms with E-state index in [1.807, 2.05) is 26.0 Å². The zero-order chi connectivity index (χ0) is 21.3. The number of nitrogens with zero attached hydrogens (tertiary/aromatic N) is 2. The van der Waals surface area contributed by atoms with Crippen LogP contribution in [0.25, 0.3) is 0 Å². The summed E-state index contributed by atoms with van der Waals surface area (Å²) in [5.74, 6) is 0.744. The van der Waals surface area contributed by atoms with Crippen LogP contribution in [0.5, 0.6) is 0 Å². The van der Waals surface area contributed by atoms with Gasteiger partial charge in [0.05, 0.1) is 11.4 Å². The Morgan fingerprint density at radius 3 is 2.77 bits per heavy atom. The van der Waals surface area contributed by atoms with Crippen molar-refractivity contribution in [3.05, 3.63) is 35.3 Å². The molecule has 0 aromatic carbocycles. The second-order valence-corrected chi connectivity index (χ2v) is 8.47. The van der Waals surface area contributed by atoms with Crippen molar-refractivity contribution in [2.24, 2.45) is 0 Å². The van der Waals surface area contributed by atoms with Crippen LogP contribution in [0.15, 0.2) is 18.2 Å². The number of aromatic amines is 1. The van der Waals surface area contributed by atoms with Gasteiger partial charge in [-0.15, -0.1) is 0 Å². The molecule has 2 fully saturated rings. The van der Waals surface area contributed by atoms with E-state index in [-0.39, 0.29) is 29.6 Å². The minimum atomic E-state index is -0.309. The maximum Gasteiger partial charge on any atom is 0.407 e. The van der Waals surface area contributed by atoms with E-state index in [9.17, 15) is 9.59 Å². The number of amides is 2. The number of aromatic nitrogens is 3. The van der Waals surface area contributed by atoms with Gasteiger partial charge in [0.1, 0.15) is 11.8 Å². The highest BCUT2D eigenvalue weighted by Crippen LogP contribution is 2.37. The van der Waals surface area contributed by atoms with Crippen molar-refractivity contribution in [2.45, 2.75) is 63.5 Å². The fraction of sp³-hybridized carbons (Fsp3) is 0.524. The van der Waals surface area contributed by atoms with Crippen molar-refractivity contribution in [2.75, 3.05) is 12.4 Å². The fourth-order valence-electron chi connectivity index (χ4n) is 3.76. The molecule has 4 N–H and O–H groups in total. The summed E-state index contributed by atoms with van der Waals surface area (Å²) in [5, 5.41) is 16.2. The third-order valence-electron chi connectivity index (χ3n) is 5.91. The number of carbonyl (C=O) groups is 2. The molecule has 2 aromatic rings. The van der Waals surface area contributed by atoms with Crippen molar-refractivity contribution in [1.82, 2.24) is 25.8 Å². The first-order chi connectivity index (χ1) is 14.3. The summed E-state index contributed by atoms with van der Waals surface area (Å²) in [6.45, 7) is 3.88.